The largest absolute Gasteiger partial charge is 0.311 e. The second-order valence-corrected chi connectivity index (χ2v) is 23.6. The number of thiophene rings is 1. The molecule has 0 unspecified atom stereocenters. The quantitative estimate of drug-likeness (QED) is 0.161. The predicted octanol–water partition coefficient (Wildman–Crippen LogP) is 13.9. The predicted molar refractivity (Wildman–Crippen MR) is 259 cm³/mol. The average Bonchev–Trinajstić information content (AvgIpc) is 3.54. The molecule has 0 spiro atoms. The number of hydrogen-bond acceptors (Lipinski definition) is 3. The van der Waals surface area contributed by atoms with Crippen molar-refractivity contribution in [1.82, 2.24) is 0 Å². The smallest absolute Gasteiger partial charge is 0.264 e. The summed E-state index contributed by atoms with van der Waals surface area (Å²) < 4.78 is 2.83. The first-order valence-corrected chi connectivity index (χ1v) is 23.1. The molecule has 0 amide bonds. The SMILES string of the molecule is Cc1cc2c3c(c1)N(c1c(C)cccc1C)c1c(sc4ccc(C(C)(C)C)cc14)B3c1cc3c(cc1N2c1ccc2c(c1)C(C)(C)CCC2(C)C)C(C)(C)CCC3(C)C. The highest BCUT2D eigenvalue weighted by atomic mass is 32.1. The number of aryl methyl sites for hydroxylation is 3. The summed E-state index contributed by atoms with van der Waals surface area (Å²) in [4.78, 5) is 5.40. The van der Waals surface area contributed by atoms with Crippen LogP contribution >= 0.6 is 11.3 Å². The second kappa shape index (κ2) is 12.4. The Morgan fingerprint density at radius 2 is 1.12 bits per heavy atom. The monoisotopic (exact) mass is 794 g/mol. The number of fused-ring (bicyclic) bond motifs is 8. The fourth-order valence-corrected chi connectivity index (χ4v) is 12.8. The van der Waals surface area contributed by atoms with Crippen molar-refractivity contribution in [3.63, 3.8) is 0 Å². The van der Waals surface area contributed by atoms with Gasteiger partial charge in [-0.15, -0.1) is 11.3 Å². The van der Waals surface area contributed by atoms with E-state index in [0.717, 1.165) is 0 Å². The van der Waals surface area contributed by atoms with Gasteiger partial charge in [-0.3, -0.25) is 0 Å². The Bertz CT molecular complexity index is 2750. The molecule has 0 atom stereocenters. The van der Waals surface area contributed by atoms with Gasteiger partial charge in [0.2, 0.25) is 0 Å². The van der Waals surface area contributed by atoms with Crippen LogP contribution in [0.2, 0.25) is 0 Å². The standard InChI is InChI=1S/C55H63BN2S/c1-32-26-44-47-45(27-32)58(48-33(2)16-15-17-34(48)3)49-37-28-35(51(4,5)6)18-21-46(37)59-50(49)56(47)42-30-40-41(55(13,14)25-24-54(40,11)12)31-43(42)57(44)36-19-20-38-39(29-36)53(9,10)23-22-52(38,7)8/h15-21,26-31H,22-25H2,1-14H3. The molecule has 4 aliphatic rings. The molecule has 302 valence electrons. The lowest BCUT2D eigenvalue weighted by atomic mass is 9.35. The molecule has 2 aliphatic heterocycles. The van der Waals surface area contributed by atoms with Gasteiger partial charge in [0, 0.05) is 37.6 Å². The number of anilines is 6. The molecular weight excluding hydrogens is 731 g/mol. The van der Waals surface area contributed by atoms with Crippen LogP contribution in [-0.4, -0.2) is 6.71 Å². The third-order valence-electron chi connectivity index (χ3n) is 15.4. The van der Waals surface area contributed by atoms with Crippen molar-refractivity contribution >= 4 is 78.0 Å². The van der Waals surface area contributed by atoms with Gasteiger partial charge in [-0.1, -0.05) is 113 Å². The molecule has 0 saturated carbocycles. The van der Waals surface area contributed by atoms with E-state index in [-0.39, 0.29) is 33.8 Å². The molecule has 5 aromatic carbocycles. The molecule has 0 fully saturated rings. The molecule has 59 heavy (non-hydrogen) atoms. The molecule has 1 aromatic heterocycles. The minimum atomic E-state index is 0.0385. The topological polar surface area (TPSA) is 6.48 Å². The third kappa shape index (κ3) is 5.63. The number of nitrogens with zero attached hydrogens (tertiary/aromatic N) is 2. The molecule has 0 N–H and O–H groups in total. The van der Waals surface area contributed by atoms with Gasteiger partial charge in [0.25, 0.3) is 6.71 Å². The van der Waals surface area contributed by atoms with Crippen LogP contribution in [-0.2, 0) is 27.1 Å². The van der Waals surface area contributed by atoms with Crippen molar-refractivity contribution in [3.05, 3.63) is 123 Å². The second-order valence-electron chi connectivity index (χ2n) is 22.6. The zero-order chi connectivity index (χ0) is 41.9. The highest BCUT2D eigenvalue weighted by Gasteiger charge is 2.48. The zero-order valence-electron chi connectivity index (χ0n) is 38.2. The highest BCUT2D eigenvalue weighted by molar-refractivity contribution is 7.33. The summed E-state index contributed by atoms with van der Waals surface area (Å²) in [5.41, 5.74) is 22.7. The summed E-state index contributed by atoms with van der Waals surface area (Å²) >= 11 is 2.03. The molecule has 0 saturated heterocycles. The summed E-state index contributed by atoms with van der Waals surface area (Å²) in [5, 5.41) is 1.37. The number of rotatable bonds is 2. The summed E-state index contributed by atoms with van der Waals surface area (Å²) in [7, 11) is 0. The Balaban J connectivity index is 1.36. The maximum Gasteiger partial charge on any atom is 0.264 e. The summed E-state index contributed by atoms with van der Waals surface area (Å²) in [5.74, 6) is 0. The molecule has 3 heterocycles. The fraction of sp³-hybridized carbons (Fsp3) is 0.418. The molecule has 10 rings (SSSR count). The number of para-hydroxylation sites is 1. The van der Waals surface area contributed by atoms with Crippen LogP contribution in [0.5, 0.6) is 0 Å². The van der Waals surface area contributed by atoms with Crippen molar-refractivity contribution in [2.75, 3.05) is 9.80 Å². The molecule has 6 aromatic rings. The van der Waals surface area contributed by atoms with Gasteiger partial charge in [0.15, 0.2) is 0 Å². The van der Waals surface area contributed by atoms with Crippen LogP contribution < -0.4 is 25.5 Å². The lowest BCUT2D eigenvalue weighted by Gasteiger charge is -2.47. The molecule has 0 radical (unpaired) electrons. The van der Waals surface area contributed by atoms with Crippen molar-refractivity contribution in [2.24, 2.45) is 0 Å². The van der Waals surface area contributed by atoms with Crippen molar-refractivity contribution in [2.45, 2.75) is 150 Å². The minimum Gasteiger partial charge on any atom is -0.311 e. The van der Waals surface area contributed by atoms with E-state index in [2.05, 4.69) is 186 Å². The van der Waals surface area contributed by atoms with Gasteiger partial charge in [-0.2, -0.15) is 0 Å². The van der Waals surface area contributed by atoms with E-state index < -0.39 is 0 Å². The van der Waals surface area contributed by atoms with Gasteiger partial charge < -0.3 is 9.80 Å². The van der Waals surface area contributed by atoms with E-state index in [9.17, 15) is 0 Å². The van der Waals surface area contributed by atoms with E-state index in [1.165, 1.54) is 130 Å². The van der Waals surface area contributed by atoms with Crippen LogP contribution in [0, 0.1) is 20.8 Å². The lowest BCUT2D eigenvalue weighted by molar-refractivity contribution is 0.332. The first kappa shape index (κ1) is 38.9. The van der Waals surface area contributed by atoms with Crippen LogP contribution in [0.3, 0.4) is 0 Å². The number of benzene rings is 5. The Morgan fingerprint density at radius 1 is 0.559 bits per heavy atom. The van der Waals surface area contributed by atoms with E-state index in [1.807, 2.05) is 11.3 Å². The summed E-state index contributed by atoms with van der Waals surface area (Å²) in [6.07, 6.45) is 4.80. The first-order valence-electron chi connectivity index (χ1n) is 22.3. The van der Waals surface area contributed by atoms with Crippen LogP contribution in [0.15, 0.2) is 78.9 Å². The third-order valence-corrected chi connectivity index (χ3v) is 16.6. The maximum atomic E-state index is 2.70. The Kier molecular flexibility index (Phi) is 8.18. The Morgan fingerprint density at radius 3 is 1.73 bits per heavy atom. The van der Waals surface area contributed by atoms with Gasteiger partial charge in [0.1, 0.15) is 0 Å². The lowest BCUT2D eigenvalue weighted by Crippen LogP contribution is -2.61. The highest BCUT2D eigenvalue weighted by Crippen LogP contribution is 2.54. The van der Waals surface area contributed by atoms with Crippen LogP contribution in [0.4, 0.5) is 34.1 Å². The van der Waals surface area contributed by atoms with Crippen molar-refractivity contribution < 1.29 is 0 Å². The minimum absolute atomic E-state index is 0.0385. The van der Waals surface area contributed by atoms with Crippen LogP contribution in [0.25, 0.3) is 10.1 Å². The first-order chi connectivity index (χ1) is 27.6. The normalized spacial score (nSPS) is 19.2. The molecule has 2 aliphatic carbocycles. The van der Waals surface area contributed by atoms with E-state index in [4.69, 9.17) is 0 Å². The van der Waals surface area contributed by atoms with E-state index >= 15 is 0 Å². The summed E-state index contributed by atoms with van der Waals surface area (Å²) in [6, 6.07) is 32.1. The van der Waals surface area contributed by atoms with Crippen LogP contribution in [0.1, 0.15) is 146 Å². The number of hydrogen-bond donors (Lipinski definition) is 0. The van der Waals surface area contributed by atoms with Crippen molar-refractivity contribution in [3.8, 4) is 0 Å². The van der Waals surface area contributed by atoms with Gasteiger partial charge in [0.05, 0.1) is 11.4 Å². The zero-order valence-corrected chi connectivity index (χ0v) is 39.0. The molecule has 0 bridgehead atoms. The maximum absolute atomic E-state index is 2.70. The Labute approximate surface area is 359 Å². The molecule has 4 heteroatoms. The molecule has 2 nitrogen and oxygen atoms in total. The molecular formula is C55H63BN2S. The van der Waals surface area contributed by atoms with Gasteiger partial charge >= 0.3 is 0 Å². The van der Waals surface area contributed by atoms with E-state index in [1.54, 1.807) is 0 Å². The van der Waals surface area contributed by atoms with Gasteiger partial charge in [-0.05, 0) is 171 Å². The summed E-state index contributed by atoms with van der Waals surface area (Å²) in [6.45, 7) is 33.9. The fourth-order valence-electron chi connectivity index (χ4n) is 11.5. The Hall–Kier alpha value is -4.28. The van der Waals surface area contributed by atoms with Gasteiger partial charge in [-0.25, -0.2) is 0 Å². The van der Waals surface area contributed by atoms with E-state index in [0.29, 0.717) is 0 Å². The average molecular weight is 795 g/mol. The van der Waals surface area contributed by atoms with Crippen molar-refractivity contribution in [1.29, 1.82) is 0 Å².